The summed E-state index contributed by atoms with van der Waals surface area (Å²) in [4.78, 5) is 36.4. The molecular weight excluding hydrogens is 545 g/mol. The van der Waals surface area contributed by atoms with E-state index < -0.39 is 11.4 Å². The van der Waals surface area contributed by atoms with Gasteiger partial charge in [0.1, 0.15) is 11.4 Å². The minimum atomic E-state index is -1.31. The van der Waals surface area contributed by atoms with Crippen molar-refractivity contribution < 1.29 is 19.1 Å². The number of pyridine rings is 1. The molecule has 4 heterocycles. The highest BCUT2D eigenvalue weighted by molar-refractivity contribution is 5.99. The van der Waals surface area contributed by atoms with Crippen LogP contribution in [0.3, 0.4) is 0 Å². The maximum Gasteiger partial charge on any atom is 0.256 e. The van der Waals surface area contributed by atoms with Crippen molar-refractivity contribution in [3.8, 4) is 5.69 Å². The van der Waals surface area contributed by atoms with Gasteiger partial charge in [0.2, 0.25) is 0 Å². The van der Waals surface area contributed by atoms with Gasteiger partial charge in [-0.25, -0.2) is 4.39 Å². The van der Waals surface area contributed by atoms with Gasteiger partial charge in [0.25, 0.3) is 11.8 Å². The smallest absolute Gasteiger partial charge is 0.256 e. The summed E-state index contributed by atoms with van der Waals surface area (Å²) in [6.45, 7) is 13.7. The van der Waals surface area contributed by atoms with Gasteiger partial charge >= 0.3 is 0 Å². The number of piperidine rings is 1. The number of likely N-dealkylation sites (tertiary alicyclic amines) is 2. The quantitative estimate of drug-likeness (QED) is 0.406. The van der Waals surface area contributed by atoms with Crippen molar-refractivity contribution in [2.75, 3.05) is 39.8 Å². The van der Waals surface area contributed by atoms with Crippen molar-refractivity contribution in [2.24, 2.45) is 11.8 Å². The molecule has 1 aromatic carbocycles. The summed E-state index contributed by atoms with van der Waals surface area (Å²) < 4.78 is 16.3. The molecule has 8 nitrogen and oxygen atoms in total. The number of halogens is 1. The number of hydrogen-bond donors (Lipinski definition) is 1. The Hall–Kier alpha value is -3.30. The van der Waals surface area contributed by atoms with Gasteiger partial charge in [-0.3, -0.25) is 14.6 Å². The number of aromatic nitrogens is 2. The van der Waals surface area contributed by atoms with Crippen LogP contribution < -0.4 is 0 Å². The summed E-state index contributed by atoms with van der Waals surface area (Å²) in [5.74, 6) is 0.260. The van der Waals surface area contributed by atoms with Crippen LogP contribution in [0, 0.1) is 24.6 Å². The molecule has 0 saturated carbocycles. The fourth-order valence-electron chi connectivity index (χ4n) is 6.75. The first-order chi connectivity index (χ1) is 20.3. The molecule has 1 atom stereocenters. The molecule has 9 heteroatoms. The van der Waals surface area contributed by atoms with Crippen LogP contribution in [0.1, 0.15) is 68.4 Å². The Bertz CT molecular complexity index is 1490. The highest BCUT2D eigenvalue weighted by Gasteiger charge is 2.33. The lowest BCUT2D eigenvalue weighted by molar-refractivity contribution is -0.149. The zero-order chi connectivity index (χ0) is 31.1. The van der Waals surface area contributed by atoms with E-state index in [-0.39, 0.29) is 17.9 Å². The predicted molar refractivity (Wildman–Crippen MR) is 167 cm³/mol. The van der Waals surface area contributed by atoms with Crippen LogP contribution in [-0.4, -0.2) is 92.6 Å². The van der Waals surface area contributed by atoms with Crippen LogP contribution in [0.2, 0.25) is 0 Å². The molecule has 5 rings (SSSR count). The Morgan fingerprint density at radius 2 is 1.81 bits per heavy atom. The number of carbonyl (C=O) groups is 2. The lowest BCUT2D eigenvalue weighted by Gasteiger charge is -2.36. The van der Waals surface area contributed by atoms with Crippen LogP contribution in [0.5, 0.6) is 0 Å². The number of fused-ring (bicyclic) bond motifs is 1. The van der Waals surface area contributed by atoms with Crippen molar-refractivity contribution in [1.82, 2.24) is 24.3 Å². The van der Waals surface area contributed by atoms with Gasteiger partial charge in [-0.1, -0.05) is 0 Å². The van der Waals surface area contributed by atoms with Gasteiger partial charge in [0.05, 0.1) is 23.0 Å². The molecule has 2 aromatic heterocycles. The second-order valence-electron chi connectivity index (χ2n) is 13.5. The van der Waals surface area contributed by atoms with E-state index in [0.717, 1.165) is 61.8 Å². The molecule has 1 N–H and O–H groups in total. The van der Waals surface area contributed by atoms with E-state index in [1.54, 1.807) is 36.8 Å². The molecule has 0 aliphatic carbocycles. The third-order valence-electron chi connectivity index (χ3n) is 9.34. The fourth-order valence-corrected chi connectivity index (χ4v) is 6.75. The normalized spacial score (nSPS) is 18.6. The van der Waals surface area contributed by atoms with Gasteiger partial charge in [0.15, 0.2) is 0 Å². The molecule has 0 spiro atoms. The van der Waals surface area contributed by atoms with Crippen molar-refractivity contribution >= 4 is 22.7 Å². The monoisotopic (exact) mass is 591 g/mol. The molecule has 0 radical (unpaired) electrons. The molecule has 0 bridgehead atoms. The summed E-state index contributed by atoms with van der Waals surface area (Å²) in [6, 6.07) is 4.41. The molecule has 2 fully saturated rings. The summed E-state index contributed by atoms with van der Waals surface area (Å²) in [5, 5.41) is 11.2. The zero-order valence-electron chi connectivity index (χ0n) is 26.4. The molecule has 3 aromatic rings. The zero-order valence-corrected chi connectivity index (χ0v) is 26.4. The molecule has 232 valence electrons. The Labute approximate surface area is 254 Å². The van der Waals surface area contributed by atoms with Crippen LogP contribution in [0.4, 0.5) is 4.39 Å². The number of hydrogen-bond acceptors (Lipinski definition) is 5. The highest BCUT2D eigenvalue weighted by Crippen LogP contribution is 2.32. The summed E-state index contributed by atoms with van der Waals surface area (Å²) in [5.41, 5.74) is 2.90. The first kappa shape index (κ1) is 31.1. The Balaban J connectivity index is 1.29. The van der Waals surface area contributed by atoms with Gasteiger partial charge < -0.3 is 24.4 Å². The van der Waals surface area contributed by atoms with E-state index in [9.17, 15) is 19.1 Å². The number of rotatable bonds is 8. The number of aliphatic hydroxyl groups is 1. The standard InChI is InChI=1S/C34H46FN5O3/c1-22(2)37(6)32(41)28-16-27(35)7-8-29(28)40-19-23(3)31-26(17-36-18-30(31)40)15-25-9-12-38(21-25)20-24-10-13-39(14-11-24)33(42)34(4,5)43/h7-8,16-19,22,24-25,43H,9-15,20-21H2,1-6H3. The Morgan fingerprint density at radius 3 is 2.49 bits per heavy atom. The topological polar surface area (TPSA) is 81.9 Å². The van der Waals surface area contributed by atoms with Gasteiger partial charge in [-0.2, -0.15) is 0 Å². The lowest BCUT2D eigenvalue weighted by Crippen LogP contribution is -2.49. The SMILES string of the molecule is Cc1cn(-c2ccc(F)cc2C(=O)N(C)C(C)C)c2cncc(CC3CCN(CC4CCN(C(=O)C(C)(C)O)CC4)C3)c12. The van der Waals surface area contributed by atoms with Crippen LogP contribution in [0.15, 0.2) is 36.8 Å². The van der Waals surface area contributed by atoms with E-state index >= 15 is 0 Å². The average Bonchev–Trinajstić information content (AvgIpc) is 3.55. The number of nitrogens with zero attached hydrogens (tertiary/aromatic N) is 5. The van der Waals surface area contributed by atoms with Crippen molar-refractivity contribution in [3.63, 3.8) is 0 Å². The summed E-state index contributed by atoms with van der Waals surface area (Å²) in [7, 11) is 1.74. The molecule has 2 saturated heterocycles. The van der Waals surface area contributed by atoms with Crippen molar-refractivity contribution in [3.05, 3.63) is 59.3 Å². The molecule has 2 amide bonds. The van der Waals surface area contributed by atoms with Gasteiger partial charge in [0, 0.05) is 57.0 Å². The van der Waals surface area contributed by atoms with Crippen LogP contribution in [0.25, 0.3) is 16.6 Å². The first-order valence-electron chi connectivity index (χ1n) is 15.6. The van der Waals surface area contributed by atoms with Gasteiger partial charge in [-0.15, -0.1) is 0 Å². The van der Waals surface area contributed by atoms with Crippen LogP contribution in [-0.2, 0) is 11.2 Å². The number of carbonyl (C=O) groups excluding carboxylic acids is 2. The third kappa shape index (κ3) is 6.63. The number of aryl methyl sites for hydroxylation is 1. The minimum absolute atomic E-state index is 0.0123. The molecular formula is C34H46FN5O3. The highest BCUT2D eigenvalue weighted by atomic mass is 19.1. The van der Waals surface area contributed by atoms with E-state index in [2.05, 4.69) is 16.8 Å². The average molecular weight is 592 g/mol. The first-order valence-corrected chi connectivity index (χ1v) is 15.6. The van der Waals surface area contributed by atoms with Gasteiger partial charge in [-0.05, 0) is 108 Å². The summed E-state index contributed by atoms with van der Waals surface area (Å²) in [6.07, 6.45) is 9.84. The second kappa shape index (κ2) is 12.4. The van der Waals surface area contributed by atoms with E-state index in [1.165, 1.54) is 17.7 Å². The molecule has 43 heavy (non-hydrogen) atoms. The molecule has 1 unspecified atom stereocenters. The molecule has 2 aliphatic rings. The predicted octanol–water partition coefficient (Wildman–Crippen LogP) is 4.83. The Morgan fingerprint density at radius 1 is 1.12 bits per heavy atom. The van der Waals surface area contributed by atoms with E-state index in [4.69, 9.17) is 0 Å². The maximum absolute atomic E-state index is 14.3. The summed E-state index contributed by atoms with van der Waals surface area (Å²) >= 11 is 0. The largest absolute Gasteiger partial charge is 0.381 e. The van der Waals surface area contributed by atoms with E-state index in [1.807, 2.05) is 37.0 Å². The lowest BCUT2D eigenvalue weighted by atomic mass is 9.94. The molecule has 2 aliphatic heterocycles. The third-order valence-corrected chi connectivity index (χ3v) is 9.34. The fraction of sp³-hybridized carbons (Fsp3) is 0.559. The maximum atomic E-state index is 14.3. The second-order valence-corrected chi connectivity index (χ2v) is 13.5. The van der Waals surface area contributed by atoms with E-state index in [0.29, 0.717) is 36.2 Å². The van der Waals surface area contributed by atoms with Crippen molar-refractivity contribution in [2.45, 2.75) is 71.9 Å². The number of amides is 2. The van der Waals surface area contributed by atoms with Crippen molar-refractivity contribution in [1.29, 1.82) is 0 Å². The minimum Gasteiger partial charge on any atom is -0.381 e. The Kier molecular flexibility index (Phi) is 8.95. The number of benzene rings is 1. The van der Waals surface area contributed by atoms with Crippen LogP contribution >= 0.6 is 0 Å².